The lowest BCUT2D eigenvalue weighted by Gasteiger charge is -2.23. The van der Waals surface area contributed by atoms with Crippen LogP contribution in [-0.4, -0.2) is 32.2 Å². The molecule has 1 N–H and O–H groups in total. The molecule has 0 radical (unpaired) electrons. The van der Waals surface area contributed by atoms with Crippen LogP contribution in [0.5, 0.6) is 0 Å². The van der Waals surface area contributed by atoms with Crippen molar-refractivity contribution in [3.05, 3.63) is 64.8 Å². The summed E-state index contributed by atoms with van der Waals surface area (Å²) in [5, 5.41) is 2.80. The molecule has 34 heavy (non-hydrogen) atoms. The van der Waals surface area contributed by atoms with Crippen LogP contribution in [0.25, 0.3) is 11.0 Å². The number of halogens is 2. The van der Waals surface area contributed by atoms with Gasteiger partial charge in [-0.25, -0.2) is 18.4 Å². The molecular formula is C25H30F2N4O3. The highest BCUT2D eigenvalue weighted by atomic mass is 19.3. The highest BCUT2D eigenvalue weighted by Crippen LogP contribution is 2.33. The molecule has 1 amide bonds. The van der Waals surface area contributed by atoms with E-state index in [0.717, 1.165) is 41.3 Å². The Morgan fingerprint density at radius 1 is 1.09 bits per heavy atom. The lowest BCUT2D eigenvalue weighted by Crippen LogP contribution is -2.30. The number of nitrogens with one attached hydrogen (secondary N) is 1. The van der Waals surface area contributed by atoms with Gasteiger partial charge >= 0.3 is 11.8 Å². The maximum atomic E-state index is 12.7. The van der Waals surface area contributed by atoms with Gasteiger partial charge in [0.05, 0.1) is 29.8 Å². The van der Waals surface area contributed by atoms with Crippen LogP contribution >= 0.6 is 0 Å². The summed E-state index contributed by atoms with van der Waals surface area (Å²) in [6.07, 6.45) is 5.45. The van der Waals surface area contributed by atoms with E-state index in [1.807, 2.05) is 44.2 Å². The first kappa shape index (κ1) is 23.9. The Morgan fingerprint density at radius 3 is 2.41 bits per heavy atom. The lowest BCUT2D eigenvalue weighted by atomic mass is 9.93. The van der Waals surface area contributed by atoms with E-state index in [1.165, 1.54) is 12.6 Å². The summed E-state index contributed by atoms with van der Waals surface area (Å²) in [4.78, 5) is 27.6. The first-order valence-corrected chi connectivity index (χ1v) is 11.7. The van der Waals surface area contributed by atoms with Gasteiger partial charge in [0.15, 0.2) is 0 Å². The Morgan fingerprint density at radius 2 is 1.79 bits per heavy atom. The molecule has 2 fully saturated rings. The van der Waals surface area contributed by atoms with Crippen molar-refractivity contribution < 1.29 is 18.3 Å². The van der Waals surface area contributed by atoms with Crippen molar-refractivity contribution in [1.82, 2.24) is 19.4 Å². The number of alkyl carbamates (subject to hydrolysis) is 1. The van der Waals surface area contributed by atoms with Gasteiger partial charge in [0, 0.05) is 12.2 Å². The van der Waals surface area contributed by atoms with Crippen LogP contribution in [-0.2, 0) is 11.3 Å². The van der Waals surface area contributed by atoms with Crippen LogP contribution in [0.1, 0.15) is 63.6 Å². The molecule has 1 atom stereocenters. The predicted molar refractivity (Wildman–Crippen MR) is 125 cm³/mol. The third-order valence-electron chi connectivity index (χ3n) is 6.47. The van der Waals surface area contributed by atoms with E-state index in [4.69, 9.17) is 4.74 Å². The maximum absolute atomic E-state index is 12.7. The maximum Gasteiger partial charge on any atom is 0.408 e. The number of hydrogen-bond donors (Lipinski definition) is 1. The highest BCUT2D eigenvalue weighted by Gasteiger charge is 2.42. The molecule has 0 spiro atoms. The number of fused-ring (bicyclic) bond motifs is 1. The highest BCUT2D eigenvalue weighted by molar-refractivity contribution is 5.75. The number of carbonyl (C=O) groups is 1. The van der Waals surface area contributed by atoms with E-state index in [1.54, 1.807) is 16.8 Å². The number of rotatable bonds is 4. The van der Waals surface area contributed by atoms with Crippen LogP contribution < -0.4 is 11.0 Å². The molecule has 3 heterocycles. The second-order valence-corrected chi connectivity index (χ2v) is 9.29. The number of ether oxygens (including phenoxy) is 1. The number of imidazole rings is 1. The molecule has 3 aromatic rings. The summed E-state index contributed by atoms with van der Waals surface area (Å²) in [5.74, 6) is 0. The molecule has 0 bridgehead atoms. The number of carbonyl (C=O) groups excluding carboxylic acids is 1. The molecular weight excluding hydrogens is 442 g/mol. The van der Waals surface area contributed by atoms with Gasteiger partial charge in [-0.1, -0.05) is 49.6 Å². The molecule has 1 saturated carbocycles. The van der Waals surface area contributed by atoms with Gasteiger partial charge in [0.2, 0.25) is 0 Å². The fourth-order valence-electron chi connectivity index (χ4n) is 4.88. The zero-order valence-electron chi connectivity index (χ0n) is 19.4. The van der Waals surface area contributed by atoms with Gasteiger partial charge in [-0.05, 0) is 38.3 Å². The summed E-state index contributed by atoms with van der Waals surface area (Å²) >= 11 is 0. The fraction of sp³-hybridized carbons (Fsp3) is 0.480. The third-order valence-corrected chi connectivity index (χ3v) is 6.47. The number of cyclic esters (lactones) is 1. The molecule has 182 valence electrons. The molecule has 1 aromatic carbocycles. The summed E-state index contributed by atoms with van der Waals surface area (Å²) in [7, 11) is 0. The van der Waals surface area contributed by atoms with Gasteiger partial charge in [0.25, 0.3) is 6.43 Å². The standard InChI is InChI=1S/C14H17F2N3O.C11H13NO2/c15-13(16)9-18-12-8-17-7-6-11(12)19(14(18)20)10-4-2-1-3-5-10;1-11(2)9(12-10(13)14-11)8-6-4-3-5-7-8/h6-8,10,13H,1-5,9H2;3-7,9H,1-2H3,(H,12,13)/t;9-/m.0/s1. The number of nitrogens with zero attached hydrogens (tertiary/aromatic N) is 3. The van der Waals surface area contributed by atoms with Crippen LogP contribution in [0, 0.1) is 0 Å². The summed E-state index contributed by atoms with van der Waals surface area (Å²) in [6.45, 7) is 3.24. The van der Waals surface area contributed by atoms with Crippen molar-refractivity contribution in [2.75, 3.05) is 0 Å². The second-order valence-electron chi connectivity index (χ2n) is 9.29. The molecule has 2 aliphatic rings. The summed E-state index contributed by atoms with van der Waals surface area (Å²) in [6, 6.07) is 11.6. The van der Waals surface area contributed by atoms with Crippen molar-refractivity contribution in [2.45, 2.75) is 76.6 Å². The Hall–Kier alpha value is -3.23. The Labute approximate surface area is 196 Å². The van der Waals surface area contributed by atoms with Gasteiger partial charge in [-0.3, -0.25) is 14.1 Å². The molecule has 0 unspecified atom stereocenters. The molecule has 2 aromatic heterocycles. The molecule has 5 rings (SSSR count). The number of alkyl halides is 2. The van der Waals surface area contributed by atoms with Crippen LogP contribution in [0.3, 0.4) is 0 Å². The minimum atomic E-state index is -2.54. The van der Waals surface area contributed by atoms with Gasteiger partial charge in [-0.15, -0.1) is 0 Å². The quantitative estimate of drug-likeness (QED) is 0.565. The number of amides is 1. The largest absolute Gasteiger partial charge is 0.441 e. The minimum Gasteiger partial charge on any atom is -0.441 e. The fourth-order valence-corrected chi connectivity index (χ4v) is 4.88. The minimum absolute atomic E-state index is 0.0591. The molecule has 9 heteroatoms. The number of benzene rings is 1. The SMILES string of the molecule is CC1(C)OC(=O)N[C@H]1c1ccccc1.O=c1n(CC(F)F)c2cnccc2n1C1CCCCC1. The van der Waals surface area contributed by atoms with E-state index < -0.39 is 18.6 Å². The van der Waals surface area contributed by atoms with Crippen molar-refractivity contribution in [2.24, 2.45) is 0 Å². The van der Waals surface area contributed by atoms with Crippen LogP contribution in [0.4, 0.5) is 13.6 Å². The van der Waals surface area contributed by atoms with Crippen LogP contribution in [0.2, 0.25) is 0 Å². The van der Waals surface area contributed by atoms with E-state index in [-0.39, 0.29) is 23.9 Å². The normalized spacial score (nSPS) is 20.0. The van der Waals surface area contributed by atoms with Crippen molar-refractivity contribution >= 4 is 17.1 Å². The van der Waals surface area contributed by atoms with Crippen molar-refractivity contribution in [1.29, 1.82) is 0 Å². The third kappa shape index (κ3) is 4.98. The monoisotopic (exact) mass is 472 g/mol. The first-order valence-electron chi connectivity index (χ1n) is 11.7. The van der Waals surface area contributed by atoms with E-state index in [2.05, 4.69) is 10.3 Å². The number of aromatic nitrogens is 3. The summed E-state index contributed by atoms with van der Waals surface area (Å²) < 4.78 is 33.4. The zero-order chi connectivity index (χ0) is 24.3. The smallest absolute Gasteiger partial charge is 0.408 e. The van der Waals surface area contributed by atoms with E-state index in [0.29, 0.717) is 5.52 Å². The van der Waals surface area contributed by atoms with Crippen molar-refractivity contribution in [3.63, 3.8) is 0 Å². The molecule has 1 aliphatic carbocycles. The van der Waals surface area contributed by atoms with E-state index >= 15 is 0 Å². The zero-order valence-corrected chi connectivity index (χ0v) is 19.4. The molecule has 1 saturated heterocycles. The van der Waals surface area contributed by atoms with Crippen LogP contribution in [0.15, 0.2) is 53.6 Å². The van der Waals surface area contributed by atoms with Gasteiger partial charge < -0.3 is 10.1 Å². The number of pyridine rings is 1. The first-order chi connectivity index (χ1) is 16.3. The van der Waals surface area contributed by atoms with Crippen molar-refractivity contribution in [3.8, 4) is 0 Å². The Bertz CT molecular complexity index is 1180. The Balaban J connectivity index is 0.000000172. The number of hydrogen-bond acceptors (Lipinski definition) is 4. The lowest BCUT2D eigenvalue weighted by molar-refractivity contribution is 0.0684. The van der Waals surface area contributed by atoms with Gasteiger partial charge in [0.1, 0.15) is 5.60 Å². The molecule has 7 nitrogen and oxygen atoms in total. The second kappa shape index (κ2) is 9.95. The average molecular weight is 473 g/mol. The van der Waals surface area contributed by atoms with E-state index in [9.17, 15) is 18.4 Å². The average Bonchev–Trinajstić information content (AvgIpc) is 3.26. The van der Waals surface area contributed by atoms with Gasteiger partial charge in [-0.2, -0.15) is 0 Å². The molecule has 1 aliphatic heterocycles. The topological polar surface area (TPSA) is 78.2 Å². The predicted octanol–water partition coefficient (Wildman–Crippen LogP) is 5.21. The Kier molecular flexibility index (Phi) is 7.00. The summed E-state index contributed by atoms with van der Waals surface area (Å²) in [5.41, 5.74) is 1.49.